The highest BCUT2D eigenvalue weighted by molar-refractivity contribution is 7.95. The van der Waals surface area contributed by atoms with Crippen molar-refractivity contribution in [3.8, 4) is 10.7 Å². The number of hydrogen-bond donors (Lipinski definition) is 20. The number of aromatic nitrogens is 6. The zero-order valence-electron chi connectivity index (χ0n) is 53.3. The smallest absolute Gasteiger partial charge is 0.404 e. The van der Waals surface area contributed by atoms with Gasteiger partial charge in [-0.25, -0.2) is 29.7 Å². The molecule has 25 N–H and O–H groups in total. The summed E-state index contributed by atoms with van der Waals surface area (Å²) in [5.74, 6) is -7.69. The Balaban J connectivity index is 0.0000170. The number of H-pyrrole nitrogens is 1. The molecule has 2 saturated heterocycles. The van der Waals surface area contributed by atoms with Gasteiger partial charge in [-0.05, 0) is 31.7 Å². The molecule has 2 aliphatic heterocycles. The van der Waals surface area contributed by atoms with Gasteiger partial charge in [-0.15, -0.1) is 22.7 Å². The molecule has 19 unspecified atom stereocenters. The van der Waals surface area contributed by atoms with Gasteiger partial charge < -0.3 is 142 Å². The highest BCUT2D eigenvalue weighted by Crippen LogP contribution is 2.35. The molecule has 97 heavy (non-hydrogen) atoms. The average Bonchev–Trinajstić information content (AvgIpc) is 1.16. The summed E-state index contributed by atoms with van der Waals surface area (Å²) >= 11 is 2.52. The van der Waals surface area contributed by atoms with Crippen LogP contribution in [0.3, 0.4) is 0 Å². The molecule has 0 radical (unpaired) electrons. The van der Waals surface area contributed by atoms with Gasteiger partial charge in [-0.3, -0.25) is 33.6 Å². The van der Waals surface area contributed by atoms with Crippen molar-refractivity contribution in [2.24, 2.45) is 28.9 Å². The van der Waals surface area contributed by atoms with Crippen LogP contribution in [0.4, 0.5) is 10.6 Å². The van der Waals surface area contributed by atoms with E-state index >= 15 is 4.79 Å². The number of nitrogens with zero attached hydrogens (tertiary/aromatic N) is 5. The largest absolute Gasteiger partial charge is 1.00 e. The fourth-order valence-electron chi connectivity index (χ4n) is 9.80. The van der Waals surface area contributed by atoms with Gasteiger partial charge in [0.15, 0.2) is 18.7 Å². The lowest BCUT2D eigenvalue weighted by Gasteiger charge is -2.47. The molecule has 0 saturated carbocycles. The van der Waals surface area contributed by atoms with Crippen molar-refractivity contribution in [3.05, 3.63) is 56.8 Å². The Kier molecular flexibility index (Phi) is 31.0. The standard InChI is InChI=1S/C55H83N17O21S3.ClH/c1-20-33(69-46(72-44(20)58)25(12-31(57)76)64-13-24(56)45(59)82)50(86)71-35(41(26-14-61-19-65-26)91-54-43(39(80)37(78)29(15-73)90-54)92-53-40(81)42(93-55(60)88)38(79)30(16-74)89-53)51(87)66-22(3)36(77)21(2)47(83)70-34(23(4)75)49(85)63-10-8-32-67-28(18-94-32)52-68-27(17-95-52)48(84)62-9-7-11-96(5)6;/h14,17-19,21-25,29-30,34-43,53-54,64,73-75,77-81H,7-13,15-16,56H2,1-6H3,(H13-,57,58,59,60,61,62,63,65,66,69,70,71,72,76,82,83,84,85,86,87,88);1H. The highest BCUT2D eigenvalue weighted by Gasteiger charge is 2.54. The average molecular weight is 1450 g/mol. The van der Waals surface area contributed by atoms with Crippen molar-refractivity contribution in [2.75, 3.05) is 56.8 Å². The van der Waals surface area contributed by atoms with Crippen LogP contribution in [0.25, 0.3) is 10.7 Å². The second kappa shape index (κ2) is 37.3. The van der Waals surface area contributed by atoms with Gasteiger partial charge in [0.25, 0.3) is 11.8 Å². The first-order chi connectivity index (χ1) is 45.3. The summed E-state index contributed by atoms with van der Waals surface area (Å²) < 4.78 is 28.7. The predicted octanol–water partition coefficient (Wildman–Crippen LogP) is -10.7. The minimum absolute atomic E-state index is 0. The zero-order valence-corrected chi connectivity index (χ0v) is 56.5. The second-order valence-corrected chi connectivity index (χ2v) is 27.0. The van der Waals surface area contributed by atoms with Crippen LogP contribution in [0.2, 0.25) is 0 Å². The van der Waals surface area contributed by atoms with Crippen molar-refractivity contribution in [2.45, 2.75) is 157 Å². The van der Waals surface area contributed by atoms with Crippen molar-refractivity contribution in [1.29, 1.82) is 0 Å². The number of aromatic amines is 1. The van der Waals surface area contributed by atoms with E-state index in [-0.39, 0.29) is 77.3 Å². The Morgan fingerprint density at radius 1 is 0.784 bits per heavy atom. The molecule has 19 atom stereocenters. The first-order valence-electron chi connectivity index (χ1n) is 29.8. The molecular formula is C55H84ClN17O21S3. The first-order valence-corrected chi connectivity index (χ1v) is 33.8. The minimum Gasteiger partial charge on any atom is -1.00 e. The summed E-state index contributed by atoms with van der Waals surface area (Å²) in [6, 6.07) is -7.85. The third-order valence-electron chi connectivity index (χ3n) is 15.3. The second-order valence-electron chi connectivity index (χ2n) is 22.8. The molecule has 6 heterocycles. The number of imidazole rings is 1. The number of amides is 8. The Morgan fingerprint density at radius 2 is 1.46 bits per heavy atom. The first kappa shape index (κ1) is 80.7. The molecule has 0 aromatic carbocycles. The summed E-state index contributed by atoms with van der Waals surface area (Å²) in [7, 11) is 0.254. The number of ether oxygens (including phenoxy) is 5. The molecule has 4 aromatic heterocycles. The Hall–Kier alpha value is -7.01. The zero-order chi connectivity index (χ0) is 71.0. The Morgan fingerprint density at radius 3 is 2.08 bits per heavy atom. The molecular weight excluding hydrogens is 1370 g/mol. The number of carbonyl (C=O) groups excluding carboxylic acids is 8. The molecule has 0 aliphatic carbocycles. The Bertz CT molecular complexity index is 3290. The number of halogens is 1. The predicted molar refractivity (Wildman–Crippen MR) is 339 cm³/mol. The summed E-state index contributed by atoms with van der Waals surface area (Å²) in [6.45, 7) is 3.18. The van der Waals surface area contributed by atoms with Crippen LogP contribution in [-0.2, 0) is 65.0 Å². The minimum atomic E-state index is -2.20. The molecule has 38 nitrogen and oxygen atoms in total. The number of aliphatic hydroxyl groups excluding tert-OH is 8. The molecule has 2 fully saturated rings. The number of thiazole rings is 2. The maximum absolute atomic E-state index is 15.2. The number of carbonyl (C=O) groups is 8. The van der Waals surface area contributed by atoms with Crippen LogP contribution < -0.4 is 73.0 Å². The monoisotopic (exact) mass is 1450 g/mol. The lowest BCUT2D eigenvalue weighted by atomic mass is 9.96. The van der Waals surface area contributed by atoms with Gasteiger partial charge in [-0.1, -0.05) is 6.92 Å². The number of rotatable bonds is 35. The van der Waals surface area contributed by atoms with Crippen LogP contribution >= 0.6 is 22.7 Å². The van der Waals surface area contributed by atoms with Crippen molar-refractivity contribution in [3.63, 3.8) is 0 Å². The molecule has 0 bridgehead atoms. The molecule has 0 spiro atoms. The number of nitrogens with two attached hydrogens (primary N) is 5. The molecule has 540 valence electrons. The summed E-state index contributed by atoms with van der Waals surface area (Å²) in [5, 5.41) is 108. The van der Waals surface area contributed by atoms with Crippen molar-refractivity contribution >= 4 is 86.8 Å². The highest BCUT2D eigenvalue weighted by atomic mass is 35.5. The lowest BCUT2D eigenvalue weighted by molar-refractivity contribution is -0.372. The number of aliphatic hydroxyl groups is 8. The SMILES string of the molecule is Cc1c(N)nc(C(CC(N)=O)NCC(N)C(N)=O)nc1C(=O)NC(C(=O)NC(C)C(O)C(C)C(=O)NC(C(=O)NCCc1nc(-c2nc(C(=O)NCCC[S+](C)C)cs2)cs1)C(C)O)C(OC1OC(CO)C(O)C(O)C1OC1OC(CO)C(O)C(OC(N)=O)C1O)c1cnc[nH]1.[Cl-]. The van der Waals surface area contributed by atoms with Gasteiger partial charge in [0.2, 0.25) is 29.5 Å². The van der Waals surface area contributed by atoms with Crippen LogP contribution in [0.1, 0.15) is 88.8 Å². The number of primary amides is 3. The van der Waals surface area contributed by atoms with E-state index in [1.165, 1.54) is 50.4 Å². The van der Waals surface area contributed by atoms with Crippen molar-refractivity contribution in [1.82, 2.24) is 61.8 Å². The third-order valence-corrected chi connectivity index (χ3v) is 18.2. The maximum Gasteiger partial charge on any atom is 0.404 e. The lowest BCUT2D eigenvalue weighted by Crippen LogP contribution is -3.00. The molecule has 8 amide bonds. The third kappa shape index (κ3) is 21.7. The van der Waals surface area contributed by atoms with Gasteiger partial charge >= 0.3 is 6.09 Å². The van der Waals surface area contributed by atoms with E-state index in [2.05, 4.69) is 74.3 Å². The van der Waals surface area contributed by atoms with E-state index in [0.29, 0.717) is 22.3 Å². The van der Waals surface area contributed by atoms with Gasteiger partial charge in [0, 0.05) is 55.2 Å². The number of nitrogen functional groups attached to an aromatic ring is 1. The van der Waals surface area contributed by atoms with Crippen LogP contribution in [-0.4, -0.2) is 267 Å². The van der Waals surface area contributed by atoms with Crippen LogP contribution in [0, 0.1) is 12.8 Å². The van der Waals surface area contributed by atoms with E-state index in [0.717, 1.165) is 24.7 Å². The fourth-order valence-corrected chi connectivity index (χ4v) is 12.1. The molecule has 4 aromatic rings. The fraction of sp³-hybridized carbons (Fsp3) is 0.618. The van der Waals surface area contributed by atoms with E-state index in [4.69, 9.17) is 52.4 Å². The molecule has 2 aliphatic rings. The maximum atomic E-state index is 15.2. The Labute approximate surface area is 571 Å². The van der Waals surface area contributed by atoms with Crippen LogP contribution in [0.15, 0.2) is 23.3 Å². The normalized spacial score (nSPS) is 23.8. The van der Waals surface area contributed by atoms with E-state index in [9.17, 15) is 74.4 Å². The summed E-state index contributed by atoms with van der Waals surface area (Å²) in [5.41, 5.74) is 28.1. The van der Waals surface area contributed by atoms with Gasteiger partial charge in [0.1, 0.15) is 100 Å². The van der Waals surface area contributed by atoms with Gasteiger partial charge in [-0.2, -0.15) is 0 Å². The summed E-state index contributed by atoms with van der Waals surface area (Å²) in [6.07, 6.45) is -20.0. The van der Waals surface area contributed by atoms with Crippen molar-refractivity contribution < 1.29 is 115 Å². The van der Waals surface area contributed by atoms with Gasteiger partial charge in [0.05, 0.1) is 85.2 Å². The number of nitrogens with one attached hydrogen (secondary N) is 7. The quantitative estimate of drug-likeness (QED) is 0.0150. The topological polar surface area (TPSA) is 627 Å². The molecule has 6 rings (SSSR count). The number of hydrogen-bond acceptors (Lipinski definition) is 31. The molecule has 42 heteroatoms. The van der Waals surface area contributed by atoms with E-state index < -0.39 is 183 Å². The number of anilines is 1. The van der Waals surface area contributed by atoms with E-state index in [1.807, 2.05) is 0 Å². The van der Waals surface area contributed by atoms with Crippen LogP contribution in [0.5, 0.6) is 0 Å². The summed E-state index contributed by atoms with van der Waals surface area (Å²) in [4.78, 5) is 131. The van der Waals surface area contributed by atoms with E-state index in [1.54, 1.807) is 10.8 Å².